The number of hydrogen-bond acceptors (Lipinski definition) is 2. The number of nitrogens with two attached hydrogens (primary N) is 1. The lowest BCUT2D eigenvalue weighted by atomic mass is 9.93. The number of piperidine rings is 1. The molecule has 3 atom stereocenters. The van der Waals surface area contributed by atoms with Crippen molar-refractivity contribution < 1.29 is 17.6 Å². The minimum Gasteiger partial charge on any atom is -0.323 e. The minimum absolute atomic E-state index is 0.0143. The monoisotopic (exact) mass is 304 g/mol. The molecular formula is C15H20F4N2. The Labute approximate surface area is 121 Å². The standard InChI is InChI=1S/C15H20F4N2/c1-10(14(20)11-4-6-13(16)7-5-11)21-8-2-3-12(9-21)15(17,18)19/h4-7,10,12,14H,2-3,8-9,20H2,1H3. The normalized spacial score (nSPS) is 23.8. The van der Waals surface area contributed by atoms with Crippen LogP contribution in [-0.2, 0) is 0 Å². The summed E-state index contributed by atoms with van der Waals surface area (Å²) in [6, 6.07) is 5.15. The highest BCUT2D eigenvalue weighted by Gasteiger charge is 2.42. The number of alkyl halides is 3. The van der Waals surface area contributed by atoms with E-state index in [4.69, 9.17) is 5.73 Å². The quantitative estimate of drug-likeness (QED) is 0.866. The second-order valence-electron chi connectivity index (χ2n) is 5.69. The molecule has 3 unspecified atom stereocenters. The van der Waals surface area contributed by atoms with Gasteiger partial charge in [0.2, 0.25) is 0 Å². The van der Waals surface area contributed by atoms with Gasteiger partial charge in [-0.15, -0.1) is 0 Å². The Bertz CT molecular complexity index is 458. The van der Waals surface area contributed by atoms with E-state index in [1.807, 2.05) is 6.92 Å². The molecule has 0 bridgehead atoms. The highest BCUT2D eigenvalue weighted by molar-refractivity contribution is 5.21. The van der Waals surface area contributed by atoms with E-state index < -0.39 is 18.1 Å². The van der Waals surface area contributed by atoms with Crippen LogP contribution in [0.3, 0.4) is 0 Å². The molecular weight excluding hydrogens is 284 g/mol. The Kier molecular flexibility index (Phi) is 4.88. The average molecular weight is 304 g/mol. The van der Waals surface area contributed by atoms with Crippen molar-refractivity contribution in [2.45, 2.75) is 38.0 Å². The molecule has 2 rings (SSSR count). The molecule has 0 amide bonds. The fourth-order valence-corrected chi connectivity index (χ4v) is 2.83. The first-order chi connectivity index (χ1) is 9.79. The third-order valence-corrected chi connectivity index (χ3v) is 4.27. The van der Waals surface area contributed by atoms with Crippen molar-refractivity contribution in [2.75, 3.05) is 13.1 Å². The van der Waals surface area contributed by atoms with E-state index >= 15 is 0 Å². The van der Waals surface area contributed by atoms with Gasteiger partial charge in [-0.25, -0.2) is 4.39 Å². The van der Waals surface area contributed by atoms with Crippen molar-refractivity contribution in [1.82, 2.24) is 4.90 Å². The van der Waals surface area contributed by atoms with Gasteiger partial charge in [-0.05, 0) is 44.0 Å². The van der Waals surface area contributed by atoms with E-state index in [-0.39, 0.29) is 24.8 Å². The number of likely N-dealkylation sites (tertiary alicyclic amines) is 1. The number of halogens is 4. The molecule has 1 aliphatic rings. The second-order valence-corrected chi connectivity index (χ2v) is 5.69. The Morgan fingerprint density at radius 2 is 1.86 bits per heavy atom. The van der Waals surface area contributed by atoms with Crippen LogP contribution in [0.5, 0.6) is 0 Å². The zero-order chi connectivity index (χ0) is 15.6. The van der Waals surface area contributed by atoms with E-state index in [0.29, 0.717) is 13.0 Å². The third-order valence-electron chi connectivity index (χ3n) is 4.27. The molecule has 1 aromatic rings. The predicted molar refractivity (Wildman–Crippen MR) is 73.1 cm³/mol. The summed E-state index contributed by atoms with van der Waals surface area (Å²) in [7, 11) is 0. The van der Waals surface area contributed by atoms with Gasteiger partial charge < -0.3 is 5.73 Å². The van der Waals surface area contributed by atoms with Crippen LogP contribution in [0.4, 0.5) is 17.6 Å². The predicted octanol–water partition coefficient (Wildman–Crippen LogP) is 3.49. The molecule has 0 saturated carbocycles. The van der Waals surface area contributed by atoms with E-state index in [0.717, 1.165) is 5.56 Å². The van der Waals surface area contributed by atoms with Crippen molar-refractivity contribution in [3.05, 3.63) is 35.6 Å². The summed E-state index contributed by atoms with van der Waals surface area (Å²) in [6.45, 7) is 2.43. The maximum Gasteiger partial charge on any atom is 0.393 e. The van der Waals surface area contributed by atoms with Crippen LogP contribution < -0.4 is 5.73 Å². The fourth-order valence-electron chi connectivity index (χ4n) is 2.83. The second kappa shape index (κ2) is 6.32. The summed E-state index contributed by atoms with van der Waals surface area (Å²) in [5, 5.41) is 0. The molecule has 0 spiro atoms. The first-order valence-electron chi connectivity index (χ1n) is 7.11. The van der Waals surface area contributed by atoms with E-state index in [9.17, 15) is 17.6 Å². The van der Waals surface area contributed by atoms with Gasteiger partial charge in [-0.3, -0.25) is 4.90 Å². The number of hydrogen-bond donors (Lipinski definition) is 1. The van der Waals surface area contributed by atoms with Crippen LogP contribution >= 0.6 is 0 Å². The Morgan fingerprint density at radius 1 is 1.24 bits per heavy atom. The number of nitrogens with zero attached hydrogens (tertiary/aromatic N) is 1. The van der Waals surface area contributed by atoms with Gasteiger partial charge in [0.25, 0.3) is 0 Å². The Hall–Kier alpha value is -1.14. The molecule has 1 saturated heterocycles. The molecule has 118 valence electrons. The van der Waals surface area contributed by atoms with E-state index in [1.165, 1.54) is 12.1 Å². The van der Waals surface area contributed by atoms with Gasteiger partial charge in [0, 0.05) is 18.6 Å². The SMILES string of the molecule is CC(C(N)c1ccc(F)cc1)N1CCCC(C(F)(F)F)C1. The summed E-state index contributed by atoms with van der Waals surface area (Å²) < 4.78 is 51.5. The Morgan fingerprint density at radius 3 is 2.43 bits per heavy atom. The highest BCUT2D eigenvalue weighted by Crippen LogP contribution is 2.34. The van der Waals surface area contributed by atoms with Crippen LogP contribution in [0.2, 0.25) is 0 Å². The highest BCUT2D eigenvalue weighted by atomic mass is 19.4. The molecule has 6 heteroatoms. The largest absolute Gasteiger partial charge is 0.393 e. The fraction of sp³-hybridized carbons (Fsp3) is 0.600. The van der Waals surface area contributed by atoms with Gasteiger partial charge in [-0.1, -0.05) is 12.1 Å². The van der Waals surface area contributed by atoms with E-state index in [2.05, 4.69) is 0 Å². The molecule has 2 nitrogen and oxygen atoms in total. The summed E-state index contributed by atoms with van der Waals surface area (Å²) in [5.41, 5.74) is 6.86. The summed E-state index contributed by atoms with van der Waals surface area (Å²) >= 11 is 0. The number of benzene rings is 1. The summed E-state index contributed by atoms with van der Waals surface area (Å²) in [6.07, 6.45) is -3.46. The molecule has 1 heterocycles. The first kappa shape index (κ1) is 16.2. The van der Waals surface area contributed by atoms with Crippen molar-refractivity contribution in [3.63, 3.8) is 0 Å². The average Bonchev–Trinajstić information content (AvgIpc) is 2.46. The molecule has 1 aliphatic heterocycles. The van der Waals surface area contributed by atoms with Crippen LogP contribution in [0.15, 0.2) is 24.3 Å². The van der Waals surface area contributed by atoms with Crippen LogP contribution in [0.1, 0.15) is 31.4 Å². The maximum absolute atomic E-state index is 12.9. The van der Waals surface area contributed by atoms with Gasteiger partial charge in [0.15, 0.2) is 0 Å². The Balaban J connectivity index is 2.04. The van der Waals surface area contributed by atoms with E-state index in [1.54, 1.807) is 17.0 Å². The van der Waals surface area contributed by atoms with Crippen molar-refractivity contribution in [1.29, 1.82) is 0 Å². The van der Waals surface area contributed by atoms with Gasteiger partial charge in [0.1, 0.15) is 5.82 Å². The molecule has 1 fully saturated rings. The molecule has 1 aromatic carbocycles. The third kappa shape index (κ3) is 3.95. The van der Waals surface area contributed by atoms with Crippen LogP contribution in [0.25, 0.3) is 0 Å². The zero-order valence-electron chi connectivity index (χ0n) is 11.9. The van der Waals surface area contributed by atoms with Gasteiger partial charge in [-0.2, -0.15) is 13.2 Å². The van der Waals surface area contributed by atoms with Crippen molar-refractivity contribution >= 4 is 0 Å². The lowest BCUT2D eigenvalue weighted by molar-refractivity contribution is -0.188. The first-order valence-corrected chi connectivity index (χ1v) is 7.11. The molecule has 0 aliphatic carbocycles. The molecule has 0 aromatic heterocycles. The van der Waals surface area contributed by atoms with Gasteiger partial charge >= 0.3 is 6.18 Å². The van der Waals surface area contributed by atoms with Gasteiger partial charge in [0.05, 0.1) is 5.92 Å². The summed E-state index contributed by atoms with van der Waals surface area (Å²) in [4.78, 5) is 1.79. The molecule has 0 radical (unpaired) electrons. The lowest BCUT2D eigenvalue weighted by Gasteiger charge is -2.39. The van der Waals surface area contributed by atoms with Crippen molar-refractivity contribution in [2.24, 2.45) is 11.7 Å². The zero-order valence-corrected chi connectivity index (χ0v) is 11.9. The molecule has 21 heavy (non-hydrogen) atoms. The van der Waals surface area contributed by atoms with Crippen LogP contribution in [-0.4, -0.2) is 30.2 Å². The smallest absolute Gasteiger partial charge is 0.323 e. The van der Waals surface area contributed by atoms with Crippen LogP contribution in [0, 0.1) is 11.7 Å². The molecule has 2 N–H and O–H groups in total. The lowest BCUT2D eigenvalue weighted by Crippen LogP contribution is -2.49. The maximum atomic E-state index is 12.9. The number of rotatable bonds is 3. The van der Waals surface area contributed by atoms with Crippen molar-refractivity contribution in [3.8, 4) is 0 Å². The summed E-state index contributed by atoms with van der Waals surface area (Å²) in [5.74, 6) is -1.64. The minimum atomic E-state index is -4.15. The topological polar surface area (TPSA) is 29.3 Å².